The van der Waals surface area contributed by atoms with Gasteiger partial charge in [-0.25, -0.2) is 4.79 Å². The molecule has 0 unspecified atom stereocenters. The molecule has 0 saturated heterocycles. The van der Waals surface area contributed by atoms with Gasteiger partial charge in [-0.1, -0.05) is 31.2 Å². The van der Waals surface area contributed by atoms with E-state index in [1.54, 1.807) is 19.2 Å². The van der Waals surface area contributed by atoms with E-state index in [9.17, 15) is 9.59 Å². The van der Waals surface area contributed by atoms with Crippen LogP contribution >= 0.6 is 0 Å². The van der Waals surface area contributed by atoms with Crippen LogP contribution in [-0.2, 0) is 27.3 Å². The van der Waals surface area contributed by atoms with Crippen LogP contribution in [0.3, 0.4) is 0 Å². The van der Waals surface area contributed by atoms with Crippen molar-refractivity contribution in [1.82, 2.24) is 5.32 Å². The molecule has 0 saturated carbocycles. The highest BCUT2D eigenvalue weighted by Gasteiger charge is 2.17. The van der Waals surface area contributed by atoms with E-state index in [1.165, 1.54) is 12.5 Å². The Kier molecular flexibility index (Phi) is 7.67. The van der Waals surface area contributed by atoms with Crippen molar-refractivity contribution >= 4 is 11.9 Å². The first-order chi connectivity index (χ1) is 13.0. The predicted octanol–water partition coefficient (Wildman–Crippen LogP) is 2.88. The summed E-state index contributed by atoms with van der Waals surface area (Å²) in [5, 5.41) is 2.73. The number of ether oxygens (including phenoxy) is 3. The van der Waals surface area contributed by atoms with Crippen molar-refractivity contribution in [2.45, 2.75) is 32.9 Å². The first kappa shape index (κ1) is 20.3. The second kappa shape index (κ2) is 10.2. The summed E-state index contributed by atoms with van der Waals surface area (Å²) in [6.45, 7) is 3.68. The van der Waals surface area contributed by atoms with Gasteiger partial charge >= 0.3 is 5.97 Å². The zero-order valence-electron chi connectivity index (χ0n) is 15.9. The molecular formula is C21H25NO5. The van der Waals surface area contributed by atoms with Gasteiger partial charge in [0.1, 0.15) is 11.5 Å². The number of carbonyl (C=O) groups excluding carboxylic acids is 2. The minimum absolute atomic E-state index is 0.248. The highest BCUT2D eigenvalue weighted by Crippen LogP contribution is 2.13. The van der Waals surface area contributed by atoms with Gasteiger partial charge in [0.15, 0.2) is 12.7 Å². The van der Waals surface area contributed by atoms with Crippen molar-refractivity contribution in [1.29, 1.82) is 0 Å². The zero-order chi connectivity index (χ0) is 19.6. The normalized spacial score (nSPS) is 11.4. The van der Waals surface area contributed by atoms with E-state index in [0.717, 1.165) is 17.7 Å². The van der Waals surface area contributed by atoms with E-state index < -0.39 is 12.1 Å². The standard InChI is InChI=1S/C21H25NO5/c1-4-16-5-11-19(12-6-16)26-14-20(23)27-15(2)21(24)22-13-17-7-9-18(25-3)10-8-17/h5-12,15H,4,13-14H2,1-3H3,(H,22,24)/t15-/m1/s1. The van der Waals surface area contributed by atoms with E-state index in [-0.39, 0.29) is 12.5 Å². The number of methoxy groups -OCH3 is 1. The number of hydrogen-bond acceptors (Lipinski definition) is 5. The van der Waals surface area contributed by atoms with E-state index in [4.69, 9.17) is 14.2 Å². The molecule has 27 heavy (non-hydrogen) atoms. The lowest BCUT2D eigenvalue weighted by Gasteiger charge is -2.14. The van der Waals surface area contributed by atoms with E-state index in [0.29, 0.717) is 12.3 Å². The number of aryl methyl sites for hydroxylation is 1. The average Bonchev–Trinajstić information content (AvgIpc) is 2.71. The van der Waals surface area contributed by atoms with Gasteiger partial charge in [0, 0.05) is 6.54 Å². The molecule has 2 aromatic carbocycles. The van der Waals surface area contributed by atoms with Gasteiger partial charge in [-0.3, -0.25) is 4.79 Å². The largest absolute Gasteiger partial charge is 0.497 e. The van der Waals surface area contributed by atoms with Gasteiger partial charge in [-0.2, -0.15) is 0 Å². The second-order valence-electron chi connectivity index (χ2n) is 5.98. The van der Waals surface area contributed by atoms with Gasteiger partial charge in [-0.05, 0) is 48.7 Å². The van der Waals surface area contributed by atoms with Crippen LogP contribution in [0.15, 0.2) is 48.5 Å². The van der Waals surface area contributed by atoms with E-state index >= 15 is 0 Å². The lowest BCUT2D eigenvalue weighted by molar-refractivity contribution is -0.156. The van der Waals surface area contributed by atoms with Crippen molar-refractivity contribution in [3.8, 4) is 11.5 Å². The minimum atomic E-state index is -0.901. The summed E-state index contributed by atoms with van der Waals surface area (Å²) in [6.07, 6.45) is 0.0349. The van der Waals surface area contributed by atoms with Crippen LogP contribution in [0.4, 0.5) is 0 Å². The number of nitrogens with one attached hydrogen (secondary N) is 1. The Bertz CT molecular complexity index is 740. The summed E-state index contributed by atoms with van der Waals surface area (Å²) >= 11 is 0. The summed E-state index contributed by atoms with van der Waals surface area (Å²) in [7, 11) is 1.59. The average molecular weight is 371 g/mol. The highest BCUT2D eigenvalue weighted by molar-refractivity contribution is 5.83. The third-order valence-electron chi connectivity index (χ3n) is 3.99. The fourth-order valence-electron chi connectivity index (χ4n) is 2.32. The SMILES string of the molecule is CCc1ccc(OCC(=O)O[C@H](C)C(=O)NCc2ccc(OC)cc2)cc1. The number of amides is 1. The number of rotatable bonds is 9. The molecule has 1 N–H and O–H groups in total. The molecular weight excluding hydrogens is 346 g/mol. The third-order valence-corrected chi connectivity index (χ3v) is 3.99. The maximum Gasteiger partial charge on any atom is 0.344 e. The van der Waals surface area contributed by atoms with Crippen LogP contribution in [0.2, 0.25) is 0 Å². The molecule has 0 aliphatic carbocycles. The Morgan fingerprint density at radius 1 is 0.963 bits per heavy atom. The summed E-state index contributed by atoms with van der Waals surface area (Å²) in [6, 6.07) is 14.8. The van der Waals surface area contributed by atoms with Crippen LogP contribution < -0.4 is 14.8 Å². The molecule has 144 valence electrons. The summed E-state index contributed by atoms with van der Waals surface area (Å²) in [5.74, 6) is 0.366. The Morgan fingerprint density at radius 2 is 1.56 bits per heavy atom. The maximum absolute atomic E-state index is 12.1. The minimum Gasteiger partial charge on any atom is -0.497 e. The van der Waals surface area contributed by atoms with Crippen molar-refractivity contribution in [3.05, 3.63) is 59.7 Å². The van der Waals surface area contributed by atoms with Crippen molar-refractivity contribution in [2.24, 2.45) is 0 Å². The summed E-state index contributed by atoms with van der Waals surface area (Å²) in [4.78, 5) is 23.9. The summed E-state index contributed by atoms with van der Waals surface area (Å²) < 4.78 is 15.6. The molecule has 0 radical (unpaired) electrons. The smallest absolute Gasteiger partial charge is 0.344 e. The van der Waals surface area contributed by atoms with Crippen molar-refractivity contribution < 1.29 is 23.8 Å². The molecule has 0 fully saturated rings. The van der Waals surface area contributed by atoms with Gasteiger partial charge in [-0.15, -0.1) is 0 Å². The monoisotopic (exact) mass is 371 g/mol. The van der Waals surface area contributed by atoms with Crippen molar-refractivity contribution in [2.75, 3.05) is 13.7 Å². The lowest BCUT2D eigenvalue weighted by atomic mass is 10.2. The predicted molar refractivity (Wildman–Crippen MR) is 102 cm³/mol. The molecule has 6 heteroatoms. The lowest BCUT2D eigenvalue weighted by Crippen LogP contribution is -2.36. The fraction of sp³-hybridized carbons (Fsp3) is 0.333. The first-order valence-electron chi connectivity index (χ1n) is 8.83. The van der Waals surface area contributed by atoms with Gasteiger partial charge in [0.2, 0.25) is 0 Å². The Hall–Kier alpha value is -3.02. The summed E-state index contributed by atoms with van der Waals surface area (Å²) in [5.41, 5.74) is 2.11. The molecule has 0 aliphatic heterocycles. The molecule has 1 atom stereocenters. The van der Waals surface area contributed by atoms with Crippen LogP contribution in [0, 0.1) is 0 Å². The van der Waals surface area contributed by atoms with Gasteiger partial charge in [0.05, 0.1) is 7.11 Å². The molecule has 0 spiro atoms. The molecule has 6 nitrogen and oxygen atoms in total. The third kappa shape index (κ3) is 6.66. The topological polar surface area (TPSA) is 73.9 Å². The molecule has 2 aromatic rings. The Morgan fingerprint density at radius 3 is 2.15 bits per heavy atom. The molecule has 1 amide bonds. The van der Waals surface area contributed by atoms with Gasteiger partial charge in [0.25, 0.3) is 5.91 Å². The van der Waals surface area contributed by atoms with Crippen molar-refractivity contribution in [3.63, 3.8) is 0 Å². The number of hydrogen-bond donors (Lipinski definition) is 1. The second-order valence-corrected chi connectivity index (χ2v) is 5.98. The molecule has 0 heterocycles. The van der Waals surface area contributed by atoms with Crippen LogP contribution in [0.5, 0.6) is 11.5 Å². The quantitative estimate of drug-likeness (QED) is 0.686. The number of carbonyl (C=O) groups is 2. The maximum atomic E-state index is 12.1. The molecule has 0 aromatic heterocycles. The molecule has 2 rings (SSSR count). The Labute approximate surface area is 159 Å². The first-order valence-corrected chi connectivity index (χ1v) is 8.83. The van der Waals surface area contributed by atoms with E-state index in [2.05, 4.69) is 12.2 Å². The highest BCUT2D eigenvalue weighted by atomic mass is 16.6. The Balaban J connectivity index is 1.72. The zero-order valence-corrected chi connectivity index (χ0v) is 15.9. The molecule has 0 bridgehead atoms. The van der Waals surface area contributed by atoms with E-state index in [1.807, 2.05) is 36.4 Å². The number of benzene rings is 2. The van der Waals surface area contributed by atoms with Crippen LogP contribution in [0.25, 0.3) is 0 Å². The molecule has 0 aliphatic rings. The van der Waals surface area contributed by atoms with Crippen LogP contribution in [0.1, 0.15) is 25.0 Å². The van der Waals surface area contributed by atoms with Gasteiger partial charge < -0.3 is 19.5 Å². The number of esters is 1. The fourth-order valence-corrected chi connectivity index (χ4v) is 2.32. The van der Waals surface area contributed by atoms with Crippen LogP contribution in [-0.4, -0.2) is 31.7 Å².